The Morgan fingerprint density at radius 2 is 1.88 bits per heavy atom. The first-order valence-corrected chi connectivity index (χ1v) is 8.46. The normalized spacial score (nSPS) is 11.1. The molecule has 0 radical (unpaired) electrons. The van der Waals surface area contributed by atoms with Crippen molar-refractivity contribution in [3.8, 4) is 10.4 Å². The van der Waals surface area contributed by atoms with Crippen LogP contribution in [0.25, 0.3) is 10.4 Å². The summed E-state index contributed by atoms with van der Waals surface area (Å²) < 4.78 is 5.16. The van der Waals surface area contributed by atoms with Gasteiger partial charge in [0.05, 0.1) is 5.56 Å². The Bertz CT molecular complexity index is 716. The van der Waals surface area contributed by atoms with Crippen LogP contribution in [0.4, 0.5) is 4.79 Å². The molecule has 0 aliphatic rings. The molecule has 128 valence electrons. The Morgan fingerprint density at radius 1 is 1.21 bits per heavy atom. The van der Waals surface area contributed by atoms with Crippen molar-refractivity contribution in [2.75, 3.05) is 6.54 Å². The Morgan fingerprint density at radius 3 is 2.46 bits per heavy atom. The fraction of sp³-hybridized carbons (Fsp3) is 0.333. The van der Waals surface area contributed by atoms with Gasteiger partial charge in [0.15, 0.2) is 0 Å². The molecular formula is C18H21NO4S. The third-order valence-corrected chi connectivity index (χ3v) is 4.36. The van der Waals surface area contributed by atoms with E-state index in [-0.39, 0.29) is 5.56 Å². The molecule has 24 heavy (non-hydrogen) atoms. The van der Waals surface area contributed by atoms with Crippen LogP contribution in [-0.2, 0) is 11.2 Å². The summed E-state index contributed by atoms with van der Waals surface area (Å²) in [4.78, 5) is 24.7. The molecule has 0 saturated carbocycles. The Hall–Kier alpha value is -2.34. The molecule has 0 atom stereocenters. The van der Waals surface area contributed by atoms with Crippen molar-refractivity contribution in [1.82, 2.24) is 5.32 Å². The number of ether oxygens (including phenoxy) is 1. The van der Waals surface area contributed by atoms with Crippen molar-refractivity contribution in [2.45, 2.75) is 32.8 Å². The van der Waals surface area contributed by atoms with E-state index in [1.54, 1.807) is 26.8 Å². The van der Waals surface area contributed by atoms with E-state index in [0.717, 1.165) is 15.3 Å². The predicted octanol–water partition coefficient (Wildman–Crippen LogP) is 4.18. The van der Waals surface area contributed by atoms with Gasteiger partial charge < -0.3 is 15.2 Å². The van der Waals surface area contributed by atoms with Gasteiger partial charge in [-0.1, -0.05) is 30.3 Å². The zero-order valence-corrected chi connectivity index (χ0v) is 14.8. The van der Waals surface area contributed by atoms with Crippen molar-refractivity contribution < 1.29 is 19.4 Å². The second-order valence-corrected chi connectivity index (χ2v) is 7.43. The number of thiophene rings is 1. The molecule has 0 fully saturated rings. The van der Waals surface area contributed by atoms with Crippen molar-refractivity contribution >= 4 is 23.4 Å². The molecule has 2 N–H and O–H groups in total. The van der Waals surface area contributed by atoms with Gasteiger partial charge in [-0.3, -0.25) is 0 Å². The number of carbonyl (C=O) groups is 2. The first-order valence-electron chi connectivity index (χ1n) is 7.64. The SMILES string of the molecule is CC(C)(C)OC(=O)NCCc1sc(-c2ccccc2)cc1C(=O)O. The first kappa shape index (κ1) is 18.0. The number of hydrogen-bond acceptors (Lipinski definition) is 4. The molecule has 5 nitrogen and oxygen atoms in total. The van der Waals surface area contributed by atoms with E-state index in [0.29, 0.717) is 13.0 Å². The summed E-state index contributed by atoms with van der Waals surface area (Å²) in [6.07, 6.45) is -0.0579. The molecule has 0 bridgehead atoms. The lowest BCUT2D eigenvalue weighted by atomic mass is 10.1. The molecule has 1 aromatic heterocycles. The minimum Gasteiger partial charge on any atom is -0.478 e. The molecule has 1 aromatic carbocycles. The van der Waals surface area contributed by atoms with Gasteiger partial charge in [-0.15, -0.1) is 11.3 Å². The number of amides is 1. The molecule has 0 spiro atoms. The highest BCUT2D eigenvalue weighted by molar-refractivity contribution is 7.15. The quantitative estimate of drug-likeness (QED) is 0.851. The Kier molecular flexibility index (Phi) is 5.62. The molecule has 0 aliphatic heterocycles. The van der Waals surface area contributed by atoms with Gasteiger partial charge >= 0.3 is 12.1 Å². The van der Waals surface area contributed by atoms with Crippen LogP contribution >= 0.6 is 11.3 Å². The van der Waals surface area contributed by atoms with Crippen LogP contribution in [0.15, 0.2) is 36.4 Å². The summed E-state index contributed by atoms with van der Waals surface area (Å²) in [7, 11) is 0. The molecular weight excluding hydrogens is 326 g/mol. The summed E-state index contributed by atoms with van der Waals surface area (Å²) in [6.45, 7) is 5.70. The lowest BCUT2D eigenvalue weighted by Gasteiger charge is -2.19. The van der Waals surface area contributed by atoms with Crippen molar-refractivity contribution in [3.63, 3.8) is 0 Å². The maximum Gasteiger partial charge on any atom is 0.407 e. The highest BCUT2D eigenvalue weighted by atomic mass is 32.1. The molecule has 1 heterocycles. The average molecular weight is 347 g/mol. The average Bonchev–Trinajstić information content (AvgIpc) is 2.91. The third-order valence-electron chi connectivity index (χ3n) is 3.12. The molecule has 0 aliphatic carbocycles. The number of carboxylic acid groups (broad SMARTS) is 1. The maximum absolute atomic E-state index is 11.6. The number of aromatic carboxylic acids is 1. The van der Waals surface area contributed by atoms with E-state index in [9.17, 15) is 14.7 Å². The fourth-order valence-corrected chi connectivity index (χ4v) is 3.29. The summed E-state index contributed by atoms with van der Waals surface area (Å²) in [5.74, 6) is -0.958. The van der Waals surface area contributed by atoms with Crippen LogP contribution in [0.1, 0.15) is 36.0 Å². The Labute approximate surface area is 145 Å². The monoisotopic (exact) mass is 347 g/mol. The number of nitrogens with one attached hydrogen (secondary N) is 1. The van der Waals surface area contributed by atoms with E-state index in [1.165, 1.54) is 11.3 Å². The smallest absolute Gasteiger partial charge is 0.407 e. The molecule has 1 amide bonds. The molecule has 0 unspecified atom stereocenters. The van der Waals surface area contributed by atoms with Gasteiger partial charge in [0, 0.05) is 22.7 Å². The minimum absolute atomic E-state index is 0.282. The van der Waals surface area contributed by atoms with Gasteiger partial charge in [-0.05, 0) is 32.4 Å². The lowest BCUT2D eigenvalue weighted by molar-refractivity contribution is 0.0528. The standard InChI is InChI=1S/C18H21NO4S/c1-18(2,3)23-17(22)19-10-9-14-13(16(20)21)11-15(24-14)12-7-5-4-6-8-12/h4-8,11H,9-10H2,1-3H3,(H,19,22)(H,20,21). The van der Waals surface area contributed by atoms with Crippen LogP contribution in [0.5, 0.6) is 0 Å². The van der Waals surface area contributed by atoms with Crippen molar-refractivity contribution in [1.29, 1.82) is 0 Å². The van der Waals surface area contributed by atoms with Crippen LogP contribution < -0.4 is 5.32 Å². The summed E-state index contributed by atoms with van der Waals surface area (Å²) in [5, 5.41) is 12.0. The maximum atomic E-state index is 11.6. The van der Waals surface area contributed by atoms with Crippen molar-refractivity contribution in [3.05, 3.63) is 46.8 Å². The largest absolute Gasteiger partial charge is 0.478 e. The Balaban J connectivity index is 2.06. The fourth-order valence-electron chi connectivity index (χ4n) is 2.13. The van der Waals surface area contributed by atoms with Gasteiger partial charge in [0.2, 0.25) is 0 Å². The molecule has 0 saturated heterocycles. The number of rotatable bonds is 5. The summed E-state index contributed by atoms with van der Waals surface area (Å²) >= 11 is 1.43. The van der Waals surface area contributed by atoms with Gasteiger partial charge in [-0.25, -0.2) is 9.59 Å². The highest BCUT2D eigenvalue weighted by Gasteiger charge is 2.18. The van der Waals surface area contributed by atoms with Gasteiger partial charge in [0.25, 0.3) is 0 Å². The van der Waals surface area contributed by atoms with Crippen LogP contribution in [0.3, 0.4) is 0 Å². The molecule has 2 aromatic rings. The second kappa shape index (κ2) is 7.49. The summed E-state index contributed by atoms with van der Waals surface area (Å²) in [6, 6.07) is 11.3. The predicted molar refractivity (Wildman–Crippen MR) is 94.7 cm³/mol. The van der Waals surface area contributed by atoms with Crippen LogP contribution in [0, 0.1) is 0 Å². The van der Waals surface area contributed by atoms with E-state index in [4.69, 9.17) is 4.74 Å². The number of hydrogen-bond donors (Lipinski definition) is 2. The van der Waals surface area contributed by atoms with E-state index in [1.807, 2.05) is 30.3 Å². The summed E-state index contributed by atoms with van der Waals surface area (Å²) in [5.41, 5.74) is 0.709. The van der Waals surface area contributed by atoms with E-state index in [2.05, 4.69) is 5.32 Å². The van der Waals surface area contributed by atoms with E-state index >= 15 is 0 Å². The topological polar surface area (TPSA) is 75.6 Å². The highest BCUT2D eigenvalue weighted by Crippen LogP contribution is 2.31. The number of alkyl carbamates (subject to hydrolysis) is 1. The minimum atomic E-state index is -0.958. The van der Waals surface area contributed by atoms with Crippen LogP contribution in [-0.4, -0.2) is 29.3 Å². The second-order valence-electron chi connectivity index (χ2n) is 6.30. The lowest BCUT2D eigenvalue weighted by Crippen LogP contribution is -2.33. The van der Waals surface area contributed by atoms with Gasteiger partial charge in [0.1, 0.15) is 5.60 Å². The zero-order chi connectivity index (χ0) is 17.7. The van der Waals surface area contributed by atoms with Gasteiger partial charge in [-0.2, -0.15) is 0 Å². The number of carboxylic acids is 1. The first-order chi connectivity index (χ1) is 11.3. The molecule has 2 rings (SSSR count). The third kappa shape index (κ3) is 5.09. The number of carbonyl (C=O) groups excluding carboxylic acids is 1. The van der Waals surface area contributed by atoms with Crippen LogP contribution in [0.2, 0.25) is 0 Å². The van der Waals surface area contributed by atoms with Crippen molar-refractivity contribution in [2.24, 2.45) is 0 Å². The number of benzene rings is 1. The molecule has 6 heteroatoms. The zero-order valence-electron chi connectivity index (χ0n) is 14.0. The van der Waals surface area contributed by atoms with E-state index < -0.39 is 17.7 Å².